The second-order valence-electron chi connectivity index (χ2n) is 5.55. The van der Waals surface area contributed by atoms with Gasteiger partial charge in [-0.3, -0.25) is 4.79 Å². The number of aryl methyl sites for hydroxylation is 2. The molecule has 0 atom stereocenters. The molecular weight excluding hydrogens is 322 g/mol. The number of nitrogens with one attached hydrogen (secondary N) is 1. The zero-order valence-electron chi connectivity index (χ0n) is 13.7. The van der Waals surface area contributed by atoms with Crippen molar-refractivity contribution >= 4 is 38.3 Å². The number of thiophene rings is 1. The van der Waals surface area contributed by atoms with Crippen molar-refractivity contribution in [3.63, 3.8) is 0 Å². The standard InChI is InChI=1S/C19H17NO3S/c1-11-8-9-13(10-12(11)2)17(21)20-18-16(19(22)23-3)14-6-4-5-7-15(14)24-18/h4-10H,1-3H3,(H,20,21). The zero-order valence-corrected chi connectivity index (χ0v) is 14.5. The fourth-order valence-electron chi connectivity index (χ4n) is 2.50. The second-order valence-corrected chi connectivity index (χ2v) is 6.60. The summed E-state index contributed by atoms with van der Waals surface area (Å²) in [4.78, 5) is 24.7. The Morgan fingerprint density at radius 1 is 1.04 bits per heavy atom. The Kier molecular flexibility index (Phi) is 4.36. The first-order valence-electron chi connectivity index (χ1n) is 7.49. The summed E-state index contributed by atoms with van der Waals surface area (Å²) in [7, 11) is 1.34. The Labute approximate surface area is 144 Å². The van der Waals surface area contributed by atoms with Crippen LogP contribution in [0.2, 0.25) is 0 Å². The van der Waals surface area contributed by atoms with E-state index in [0.717, 1.165) is 21.2 Å². The Balaban J connectivity index is 2.01. The largest absolute Gasteiger partial charge is 0.465 e. The van der Waals surface area contributed by atoms with E-state index in [0.29, 0.717) is 16.1 Å². The Bertz CT molecular complexity index is 943. The van der Waals surface area contributed by atoms with Gasteiger partial charge < -0.3 is 10.1 Å². The predicted octanol–water partition coefficient (Wildman–Crippen LogP) is 4.56. The number of fused-ring (bicyclic) bond motifs is 1. The molecule has 0 fully saturated rings. The first-order chi connectivity index (χ1) is 11.5. The van der Waals surface area contributed by atoms with Crippen molar-refractivity contribution in [2.24, 2.45) is 0 Å². The molecule has 0 spiro atoms. The number of carbonyl (C=O) groups is 2. The highest BCUT2D eigenvalue weighted by molar-refractivity contribution is 7.23. The summed E-state index contributed by atoms with van der Waals surface area (Å²) in [6.45, 7) is 3.96. The van der Waals surface area contributed by atoms with Crippen LogP contribution in [-0.2, 0) is 4.74 Å². The fraction of sp³-hybridized carbons (Fsp3) is 0.158. The van der Waals surface area contributed by atoms with Gasteiger partial charge in [-0.15, -0.1) is 11.3 Å². The van der Waals surface area contributed by atoms with Crippen LogP contribution in [0.1, 0.15) is 31.8 Å². The minimum Gasteiger partial charge on any atom is -0.465 e. The summed E-state index contributed by atoms with van der Waals surface area (Å²) < 4.78 is 5.81. The van der Waals surface area contributed by atoms with E-state index in [1.165, 1.54) is 18.4 Å². The van der Waals surface area contributed by atoms with Gasteiger partial charge in [0.1, 0.15) is 10.6 Å². The number of amides is 1. The molecule has 1 aromatic heterocycles. The Hall–Kier alpha value is -2.66. The molecule has 24 heavy (non-hydrogen) atoms. The summed E-state index contributed by atoms with van der Waals surface area (Å²) in [5.41, 5.74) is 3.14. The average Bonchev–Trinajstić information content (AvgIpc) is 2.94. The first kappa shape index (κ1) is 16.2. The summed E-state index contributed by atoms with van der Waals surface area (Å²) in [6, 6.07) is 13.1. The van der Waals surface area contributed by atoms with Gasteiger partial charge in [0, 0.05) is 15.6 Å². The van der Waals surface area contributed by atoms with Gasteiger partial charge in [-0.25, -0.2) is 4.79 Å². The molecule has 0 aliphatic heterocycles. The lowest BCUT2D eigenvalue weighted by Crippen LogP contribution is -2.14. The van der Waals surface area contributed by atoms with Crippen LogP contribution in [0.4, 0.5) is 5.00 Å². The van der Waals surface area contributed by atoms with Crippen LogP contribution in [-0.4, -0.2) is 19.0 Å². The molecule has 5 heteroatoms. The molecule has 0 bridgehead atoms. The number of carbonyl (C=O) groups excluding carboxylic acids is 2. The lowest BCUT2D eigenvalue weighted by molar-refractivity contribution is 0.0604. The van der Waals surface area contributed by atoms with E-state index in [9.17, 15) is 9.59 Å². The van der Waals surface area contributed by atoms with Gasteiger partial charge in [-0.05, 0) is 43.2 Å². The Morgan fingerprint density at radius 2 is 1.79 bits per heavy atom. The van der Waals surface area contributed by atoms with E-state index in [1.807, 2.05) is 50.2 Å². The summed E-state index contributed by atoms with van der Waals surface area (Å²) in [5.74, 6) is -0.697. The van der Waals surface area contributed by atoms with Gasteiger partial charge in [0.2, 0.25) is 0 Å². The monoisotopic (exact) mass is 339 g/mol. The Morgan fingerprint density at radius 3 is 2.50 bits per heavy atom. The van der Waals surface area contributed by atoms with Crippen molar-refractivity contribution in [2.45, 2.75) is 13.8 Å². The molecule has 1 amide bonds. The van der Waals surface area contributed by atoms with Crippen LogP contribution in [0.5, 0.6) is 0 Å². The number of rotatable bonds is 3. The lowest BCUT2D eigenvalue weighted by Gasteiger charge is -2.07. The molecule has 2 aromatic carbocycles. The molecule has 0 radical (unpaired) electrons. The molecule has 1 N–H and O–H groups in total. The molecule has 0 saturated carbocycles. The molecule has 0 aliphatic carbocycles. The number of esters is 1. The van der Waals surface area contributed by atoms with Crippen LogP contribution in [0, 0.1) is 13.8 Å². The van der Waals surface area contributed by atoms with E-state index in [4.69, 9.17) is 4.74 Å². The van der Waals surface area contributed by atoms with Gasteiger partial charge in [-0.2, -0.15) is 0 Å². The number of methoxy groups -OCH3 is 1. The number of hydrogen-bond acceptors (Lipinski definition) is 4. The normalized spacial score (nSPS) is 10.6. The topological polar surface area (TPSA) is 55.4 Å². The third kappa shape index (κ3) is 2.90. The molecule has 0 aliphatic rings. The van der Waals surface area contributed by atoms with Crippen molar-refractivity contribution in [2.75, 3.05) is 12.4 Å². The van der Waals surface area contributed by atoms with Crippen LogP contribution in [0.3, 0.4) is 0 Å². The van der Waals surface area contributed by atoms with Gasteiger partial charge in [0.15, 0.2) is 0 Å². The average molecular weight is 339 g/mol. The molecule has 3 rings (SSSR count). The molecule has 0 unspecified atom stereocenters. The molecule has 122 valence electrons. The second kappa shape index (κ2) is 6.45. The summed E-state index contributed by atoms with van der Waals surface area (Å²) in [6.07, 6.45) is 0. The van der Waals surface area contributed by atoms with Crippen LogP contribution in [0.15, 0.2) is 42.5 Å². The van der Waals surface area contributed by atoms with Crippen LogP contribution >= 0.6 is 11.3 Å². The quantitative estimate of drug-likeness (QED) is 0.712. The molecule has 1 heterocycles. The van der Waals surface area contributed by atoms with Crippen LogP contribution < -0.4 is 5.32 Å². The van der Waals surface area contributed by atoms with E-state index in [-0.39, 0.29) is 5.91 Å². The van der Waals surface area contributed by atoms with Crippen molar-refractivity contribution in [1.82, 2.24) is 0 Å². The zero-order chi connectivity index (χ0) is 17.3. The first-order valence-corrected chi connectivity index (χ1v) is 8.31. The van der Waals surface area contributed by atoms with Gasteiger partial charge in [-0.1, -0.05) is 24.3 Å². The van der Waals surface area contributed by atoms with Crippen molar-refractivity contribution < 1.29 is 14.3 Å². The van der Waals surface area contributed by atoms with E-state index < -0.39 is 5.97 Å². The number of hydrogen-bond donors (Lipinski definition) is 1. The molecule has 4 nitrogen and oxygen atoms in total. The van der Waals surface area contributed by atoms with Gasteiger partial charge >= 0.3 is 5.97 Å². The van der Waals surface area contributed by atoms with Crippen molar-refractivity contribution in [1.29, 1.82) is 0 Å². The highest BCUT2D eigenvalue weighted by atomic mass is 32.1. The number of benzene rings is 2. The van der Waals surface area contributed by atoms with Crippen molar-refractivity contribution in [3.8, 4) is 0 Å². The minimum atomic E-state index is -0.456. The highest BCUT2D eigenvalue weighted by Gasteiger charge is 2.21. The molecule has 3 aromatic rings. The van der Waals surface area contributed by atoms with Gasteiger partial charge in [0.05, 0.1) is 7.11 Å². The SMILES string of the molecule is COC(=O)c1c(NC(=O)c2ccc(C)c(C)c2)sc2ccccc12. The minimum absolute atomic E-state index is 0.241. The van der Waals surface area contributed by atoms with E-state index in [2.05, 4.69) is 5.32 Å². The summed E-state index contributed by atoms with van der Waals surface area (Å²) in [5, 5.41) is 4.14. The number of ether oxygens (including phenoxy) is 1. The van der Waals surface area contributed by atoms with E-state index >= 15 is 0 Å². The maximum absolute atomic E-state index is 12.6. The predicted molar refractivity (Wildman–Crippen MR) is 97.0 cm³/mol. The third-order valence-electron chi connectivity index (χ3n) is 3.98. The molecular formula is C19H17NO3S. The third-order valence-corrected chi connectivity index (χ3v) is 5.07. The maximum atomic E-state index is 12.6. The number of anilines is 1. The fourth-order valence-corrected chi connectivity index (χ4v) is 3.58. The van der Waals surface area contributed by atoms with Crippen molar-refractivity contribution in [3.05, 3.63) is 64.7 Å². The molecule has 0 saturated heterocycles. The highest BCUT2D eigenvalue weighted by Crippen LogP contribution is 2.36. The lowest BCUT2D eigenvalue weighted by atomic mass is 10.1. The van der Waals surface area contributed by atoms with Gasteiger partial charge in [0.25, 0.3) is 5.91 Å². The van der Waals surface area contributed by atoms with Crippen LogP contribution in [0.25, 0.3) is 10.1 Å². The van der Waals surface area contributed by atoms with E-state index in [1.54, 1.807) is 6.07 Å². The maximum Gasteiger partial charge on any atom is 0.341 e. The summed E-state index contributed by atoms with van der Waals surface area (Å²) >= 11 is 1.37. The smallest absolute Gasteiger partial charge is 0.341 e.